The SMILES string of the molecule is Nc1ccc(CSc2nncs2)cc1. The van der Waals surface area contributed by atoms with Crippen LogP contribution in [0.3, 0.4) is 0 Å². The number of nitrogens with two attached hydrogens (primary N) is 1. The molecular formula is C9H9N3S2. The number of rotatable bonds is 3. The molecule has 72 valence electrons. The molecular weight excluding hydrogens is 214 g/mol. The Hall–Kier alpha value is -1.07. The Labute approximate surface area is 90.4 Å². The van der Waals surface area contributed by atoms with E-state index >= 15 is 0 Å². The van der Waals surface area contributed by atoms with Crippen LogP contribution >= 0.6 is 23.1 Å². The van der Waals surface area contributed by atoms with Crippen LogP contribution in [0.4, 0.5) is 5.69 Å². The van der Waals surface area contributed by atoms with Gasteiger partial charge in [0.15, 0.2) is 4.34 Å². The second-order valence-corrected chi connectivity index (χ2v) is 4.79. The molecule has 2 N–H and O–H groups in total. The molecule has 0 aliphatic heterocycles. The highest BCUT2D eigenvalue weighted by Gasteiger charge is 1.98. The summed E-state index contributed by atoms with van der Waals surface area (Å²) in [6, 6.07) is 7.89. The first-order valence-electron chi connectivity index (χ1n) is 4.08. The summed E-state index contributed by atoms with van der Waals surface area (Å²) in [5, 5.41) is 7.73. The summed E-state index contributed by atoms with van der Waals surface area (Å²) in [5.74, 6) is 0.912. The van der Waals surface area contributed by atoms with E-state index < -0.39 is 0 Å². The highest BCUT2D eigenvalue weighted by molar-refractivity contribution is 8.00. The number of nitrogen functional groups attached to an aromatic ring is 1. The number of nitrogens with zero attached hydrogens (tertiary/aromatic N) is 2. The topological polar surface area (TPSA) is 51.8 Å². The average Bonchev–Trinajstić information content (AvgIpc) is 2.70. The van der Waals surface area contributed by atoms with Gasteiger partial charge >= 0.3 is 0 Å². The van der Waals surface area contributed by atoms with Gasteiger partial charge in [0.05, 0.1) is 0 Å². The van der Waals surface area contributed by atoms with Crippen molar-refractivity contribution in [2.75, 3.05) is 5.73 Å². The van der Waals surface area contributed by atoms with E-state index in [0.29, 0.717) is 0 Å². The number of aromatic nitrogens is 2. The van der Waals surface area contributed by atoms with Crippen LogP contribution < -0.4 is 5.73 Å². The number of benzene rings is 1. The summed E-state index contributed by atoms with van der Waals surface area (Å²) in [6.07, 6.45) is 0. The molecule has 1 aromatic carbocycles. The Morgan fingerprint density at radius 1 is 1.29 bits per heavy atom. The first kappa shape index (κ1) is 9.48. The molecule has 0 bridgehead atoms. The fourth-order valence-electron chi connectivity index (χ4n) is 0.985. The van der Waals surface area contributed by atoms with E-state index in [4.69, 9.17) is 5.73 Å². The number of anilines is 1. The molecule has 2 rings (SSSR count). The predicted octanol–water partition coefficient (Wildman–Crippen LogP) is 2.41. The normalized spacial score (nSPS) is 10.3. The van der Waals surface area contributed by atoms with Crippen molar-refractivity contribution in [3.63, 3.8) is 0 Å². The van der Waals surface area contributed by atoms with Crippen molar-refractivity contribution in [3.05, 3.63) is 35.3 Å². The molecule has 1 aromatic heterocycles. The van der Waals surface area contributed by atoms with Crippen LogP contribution in [0.25, 0.3) is 0 Å². The minimum Gasteiger partial charge on any atom is -0.399 e. The Kier molecular flexibility index (Phi) is 3.00. The molecule has 0 aliphatic rings. The van der Waals surface area contributed by atoms with Crippen molar-refractivity contribution in [1.29, 1.82) is 0 Å². The molecule has 0 unspecified atom stereocenters. The number of hydrogen-bond acceptors (Lipinski definition) is 5. The zero-order valence-corrected chi connectivity index (χ0v) is 9.02. The largest absolute Gasteiger partial charge is 0.399 e. The third-order valence-electron chi connectivity index (χ3n) is 1.68. The van der Waals surface area contributed by atoms with Gasteiger partial charge in [0.25, 0.3) is 0 Å². The molecule has 0 radical (unpaired) electrons. The van der Waals surface area contributed by atoms with Crippen molar-refractivity contribution in [2.24, 2.45) is 0 Å². The minimum absolute atomic E-state index is 0.801. The summed E-state index contributed by atoms with van der Waals surface area (Å²) in [4.78, 5) is 0. The molecule has 3 nitrogen and oxygen atoms in total. The highest BCUT2D eigenvalue weighted by Crippen LogP contribution is 2.23. The Morgan fingerprint density at radius 3 is 2.71 bits per heavy atom. The maximum atomic E-state index is 5.59. The van der Waals surface area contributed by atoms with E-state index in [0.717, 1.165) is 15.8 Å². The molecule has 1 heterocycles. The van der Waals surface area contributed by atoms with Gasteiger partial charge in [-0.15, -0.1) is 10.2 Å². The quantitative estimate of drug-likeness (QED) is 0.641. The first-order chi connectivity index (χ1) is 6.84. The molecule has 5 heteroatoms. The van der Waals surface area contributed by atoms with Gasteiger partial charge in [-0.05, 0) is 17.7 Å². The van der Waals surface area contributed by atoms with Crippen LogP contribution in [0.15, 0.2) is 34.1 Å². The third kappa shape index (κ3) is 2.46. The van der Waals surface area contributed by atoms with Crippen molar-refractivity contribution < 1.29 is 0 Å². The van der Waals surface area contributed by atoms with E-state index in [1.807, 2.05) is 24.3 Å². The first-order valence-corrected chi connectivity index (χ1v) is 5.94. The molecule has 0 saturated heterocycles. The number of hydrogen-bond donors (Lipinski definition) is 1. The molecule has 0 spiro atoms. The minimum atomic E-state index is 0.801. The van der Waals surface area contributed by atoms with Gasteiger partial charge in [-0.2, -0.15) is 0 Å². The molecule has 0 fully saturated rings. The lowest BCUT2D eigenvalue weighted by Crippen LogP contribution is -1.85. The van der Waals surface area contributed by atoms with Gasteiger partial charge < -0.3 is 5.73 Å². The Bertz CT molecular complexity index is 383. The third-order valence-corrected chi connectivity index (χ3v) is 3.61. The van der Waals surface area contributed by atoms with Gasteiger partial charge in [-0.1, -0.05) is 35.2 Å². The summed E-state index contributed by atoms with van der Waals surface area (Å²) in [7, 11) is 0. The average molecular weight is 223 g/mol. The smallest absolute Gasteiger partial charge is 0.174 e. The molecule has 0 saturated carbocycles. The van der Waals surface area contributed by atoms with E-state index in [-0.39, 0.29) is 0 Å². The lowest BCUT2D eigenvalue weighted by Gasteiger charge is -1.98. The summed E-state index contributed by atoms with van der Waals surface area (Å²) >= 11 is 3.25. The molecule has 0 aliphatic carbocycles. The van der Waals surface area contributed by atoms with Crippen LogP contribution in [-0.2, 0) is 5.75 Å². The van der Waals surface area contributed by atoms with Gasteiger partial charge in [-0.25, -0.2) is 0 Å². The Balaban J connectivity index is 1.95. The van der Waals surface area contributed by atoms with Crippen LogP contribution in [0.2, 0.25) is 0 Å². The molecule has 0 amide bonds. The second-order valence-electron chi connectivity index (χ2n) is 2.73. The molecule has 14 heavy (non-hydrogen) atoms. The zero-order valence-electron chi connectivity index (χ0n) is 7.38. The van der Waals surface area contributed by atoms with Gasteiger partial charge in [0.2, 0.25) is 0 Å². The Morgan fingerprint density at radius 2 is 2.07 bits per heavy atom. The van der Waals surface area contributed by atoms with Crippen LogP contribution in [0, 0.1) is 0 Å². The standard InChI is InChI=1S/C9H9N3S2/c10-8-3-1-7(2-4-8)5-13-9-12-11-6-14-9/h1-4,6H,5,10H2. The van der Waals surface area contributed by atoms with Gasteiger partial charge in [0, 0.05) is 11.4 Å². The molecule has 2 aromatic rings. The van der Waals surface area contributed by atoms with Gasteiger partial charge in [-0.3, -0.25) is 0 Å². The van der Waals surface area contributed by atoms with E-state index in [1.54, 1.807) is 28.6 Å². The van der Waals surface area contributed by atoms with E-state index in [1.165, 1.54) is 5.56 Å². The summed E-state index contributed by atoms with van der Waals surface area (Å²) in [6.45, 7) is 0. The number of thioether (sulfide) groups is 1. The predicted molar refractivity (Wildman–Crippen MR) is 60.3 cm³/mol. The van der Waals surface area contributed by atoms with Crippen LogP contribution in [0.5, 0.6) is 0 Å². The van der Waals surface area contributed by atoms with Crippen molar-refractivity contribution in [1.82, 2.24) is 10.2 Å². The van der Waals surface area contributed by atoms with E-state index in [2.05, 4.69) is 10.2 Å². The highest BCUT2D eigenvalue weighted by atomic mass is 32.2. The fraction of sp³-hybridized carbons (Fsp3) is 0.111. The summed E-state index contributed by atoms with van der Waals surface area (Å²) < 4.78 is 1.00. The van der Waals surface area contributed by atoms with Crippen LogP contribution in [0.1, 0.15) is 5.56 Å². The molecule has 0 atom stereocenters. The van der Waals surface area contributed by atoms with Crippen molar-refractivity contribution in [3.8, 4) is 0 Å². The van der Waals surface area contributed by atoms with Gasteiger partial charge in [0.1, 0.15) is 5.51 Å². The van der Waals surface area contributed by atoms with E-state index in [9.17, 15) is 0 Å². The maximum Gasteiger partial charge on any atom is 0.174 e. The lowest BCUT2D eigenvalue weighted by atomic mass is 10.2. The van der Waals surface area contributed by atoms with Crippen LogP contribution in [-0.4, -0.2) is 10.2 Å². The fourth-order valence-corrected chi connectivity index (χ4v) is 2.43. The van der Waals surface area contributed by atoms with Crippen molar-refractivity contribution >= 4 is 28.8 Å². The monoisotopic (exact) mass is 223 g/mol. The van der Waals surface area contributed by atoms with Crippen molar-refractivity contribution in [2.45, 2.75) is 10.1 Å². The maximum absolute atomic E-state index is 5.59. The zero-order chi connectivity index (χ0) is 9.80. The summed E-state index contributed by atoms with van der Waals surface area (Å²) in [5.41, 5.74) is 9.38. The lowest BCUT2D eigenvalue weighted by molar-refractivity contribution is 1.01. The second kappa shape index (κ2) is 4.43.